The van der Waals surface area contributed by atoms with Crippen LogP contribution in [0, 0.1) is 13.8 Å². The number of nitrogens with zero attached hydrogens (tertiary/aromatic N) is 2. The van der Waals surface area contributed by atoms with E-state index in [1.165, 1.54) is 4.57 Å². The summed E-state index contributed by atoms with van der Waals surface area (Å²) in [5.41, 5.74) is 2.44. The molecule has 0 amide bonds. The molecule has 6 heteroatoms. The molecule has 0 atom stereocenters. The van der Waals surface area contributed by atoms with E-state index in [-0.39, 0.29) is 12.1 Å². The fraction of sp³-hybridized carbons (Fsp3) is 0.267. The first-order chi connectivity index (χ1) is 9.91. The Morgan fingerprint density at radius 3 is 2.62 bits per heavy atom. The molecule has 0 saturated heterocycles. The zero-order valence-corrected chi connectivity index (χ0v) is 13.3. The van der Waals surface area contributed by atoms with Crippen molar-refractivity contribution >= 4 is 21.9 Å². The normalized spacial score (nSPS) is 10.6. The lowest BCUT2D eigenvalue weighted by Gasteiger charge is -2.16. The molecule has 0 aliphatic heterocycles. The van der Waals surface area contributed by atoms with E-state index < -0.39 is 5.97 Å². The molecular formula is C15H15BrN2O3. The quantitative estimate of drug-likeness (QED) is 0.919. The number of carboxylic acids is 1. The highest BCUT2D eigenvalue weighted by atomic mass is 79.9. The summed E-state index contributed by atoms with van der Waals surface area (Å²) in [6, 6.07) is 7.36. The molecule has 0 saturated carbocycles. The molecule has 1 aromatic heterocycles. The summed E-state index contributed by atoms with van der Waals surface area (Å²) in [6.45, 7) is 3.54. The third-order valence-electron chi connectivity index (χ3n) is 3.35. The SMILES string of the molecule is Cc1nc(=O)n(-c2ccccc2Br)c(C)c1CCC(=O)O. The number of carbonyl (C=O) groups is 1. The van der Waals surface area contributed by atoms with E-state index in [0.717, 1.165) is 15.7 Å². The minimum atomic E-state index is -0.868. The van der Waals surface area contributed by atoms with Gasteiger partial charge in [0.25, 0.3) is 0 Å². The van der Waals surface area contributed by atoms with Gasteiger partial charge in [0, 0.05) is 22.3 Å². The second kappa shape index (κ2) is 6.22. The van der Waals surface area contributed by atoms with Gasteiger partial charge in [-0.1, -0.05) is 12.1 Å². The van der Waals surface area contributed by atoms with Gasteiger partial charge in [0.1, 0.15) is 0 Å². The van der Waals surface area contributed by atoms with Crippen molar-refractivity contribution in [3.05, 3.63) is 56.2 Å². The van der Waals surface area contributed by atoms with Crippen molar-refractivity contribution in [2.24, 2.45) is 0 Å². The smallest absolute Gasteiger partial charge is 0.352 e. The van der Waals surface area contributed by atoms with Gasteiger partial charge in [-0.25, -0.2) is 4.79 Å². The van der Waals surface area contributed by atoms with Gasteiger partial charge in [-0.2, -0.15) is 4.98 Å². The molecular weight excluding hydrogens is 336 g/mol. The van der Waals surface area contributed by atoms with E-state index in [0.29, 0.717) is 17.8 Å². The van der Waals surface area contributed by atoms with Gasteiger partial charge < -0.3 is 5.11 Å². The number of aryl methyl sites for hydroxylation is 1. The summed E-state index contributed by atoms with van der Waals surface area (Å²) in [5.74, 6) is -0.868. The summed E-state index contributed by atoms with van der Waals surface area (Å²) >= 11 is 3.42. The first-order valence-corrected chi connectivity index (χ1v) is 7.27. The predicted molar refractivity (Wildman–Crippen MR) is 83.0 cm³/mol. The molecule has 0 unspecified atom stereocenters. The Balaban J connectivity index is 2.62. The van der Waals surface area contributed by atoms with Crippen molar-refractivity contribution < 1.29 is 9.90 Å². The molecule has 0 spiro atoms. The second-order valence-corrected chi connectivity index (χ2v) is 5.58. The molecule has 2 aromatic rings. The van der Waals surface area contributed by atoms with Crippen LogP contribution >= 0.6 is 15.9 Å². The standard InChI is InChI=1S/C15H15BrN2O3/c1-9-11(7-8-14(19)20)10(2)18(15(21)17-9)13-6-4-3-5-12(13)16/h3-6H,7-8H2,1-2H3,(H,19,20). The van der Waals surface area contributed by atoms with Crippen LogP contribution in [0.2, 0.25) is 0 Å². The fourth-order valence-corrected chi connectivity index (χ4v) is 2.77. The maximum atomic E-state index is 12.2. The Kier molecular flexibility index (Phi) is 4.57. The minimum Gasteiger partial charge on any atom is -0.481 e. The van der Waals surface area contributed by atoms with Crippen LogP contribution in [0.15, 0.2) is 33.5 Å². The Bertz CT molecular complexity index is 753. The lowest BCUT2D eigenvalue weighted by atomic mass is 10.1. The Labute approximate surface area is 130 Å². The largest absolute Gasteiger partial charge is 0.481 e. The number of rotatable bonds is 4. The average Bonchev–Trinajstić information content (AvgIpc) is 2.40. The third kappa shape index (κ3) is 3.21. The maximum absolute atomic E-state index is 12.2. The van der Waals surface area contributed by atoms with E-state index in [9.17, 15) is 9.59 Å². The van der Waals surface area contributed by atoms with Crippen molar-refractivity contribution in [3.63, 3.8) is 0 Å². The Morgan fingerprint density at radius 2 is 2.00 bits per heavy atom. The van der Waals surface area contributed by atoms with E-state index in [4.69, 9.17) is 5.11 Å². The highest BCUT2D eigenvalue weighted by Gasteiger charge is 2.15. The van der Waals surface area contributed by atoms with Crippen molar-refractivity contribution in [2.45, 2.75) is 26.7 Å². The van der Waals surface area contributed by atoms with E-state index >= 15 is 0 Å². The fourth-order valence-electron chi connectivity index (χ4n) is 2.31. The summed E-state index contributed by atoms with van der Waals surface area (Å²) in [4.78, 5) is 27.0. The van der Waals surface area contributed by atoms with Gasteiger partial charge in [0.2, 0.25) is 0 Å². The first kappa shape index (κ1) is 15.4. The second-order valence-electron chi connectivity index (χ2n) is 4.72. The Morgan fingerprint density at radius 1 is 1.33 bits per heavy atom. The van der Waals surface area contributed by atoms with Gasteiger partial charge in [0.15, 0.2) is 0 Å². The van der Waals surface area contributed by atoms with Crippen molar-refractivity contribution in [1.82, 2.24) is 9.55 Å². The highest BCUT2D eigenvalue weighted by Crippen LogP contribution is 2.22. The lowest BCUT2D eigenvalue weighted by molar-refractivity contribution is -0.136. The molecule has 1 N–H and O–H groups in total. The van der Waals surface area contributed by atoms with Gasteiger partial charge >= 0.3 is 11.7 Å². The molecule has 5 nitrogen and oxygen atoms in total. The molecule has 0 fully saturated rings. The van der Waals surface area contributed by atoms with Crippen molar-refractivity contribution in [2.75, 3.05) is 0 Å². The highest BCUT2D eigenvalue weighted by molar-refractivity contribution is 9.10. The number of para-hydroxylation sites is 1. The van der Waals surface area contributed by atoms with Gasteiger partial charge in [0.05, 0.1) is 5.69 Å². The zero-order valence-electron chi connectivity index (χ0n) is 11.8. The maximum Gasteiger partial charge on any atom is 0.352 e. The number of hydrogen-bond acceptors (Lipinski definition) is 3. The number of halogens is 1. The number of aromatic nitrogens is 2. The summed E-state index contributed by atoms with van der Waals surface area (Å²) < 4.78 is 2.29. The molecule has 0 aliphatic rings. The van der Waals surface area contributed by atoms with Crippen LogP contribution in [0.3, 0.4) is 0 Å². The van der Waals surface area contributed by atoms with Crippen LogP contribution in [0.25, 0.3) is 5.69 Å². The third-order valence-corrected chi connectivity index (χ3v) is 4.02. The number of aliphatic carboxylic acids is 1. The minimum absolute atomic E-state index is 0.0114. The van der Waals surface area contributed by atoms with E-state index in [2.05, 4.69) is 20.9 Å². The number of carboxylic acid groups (broad SMARTS) is 1. The van der Waals surface area contributed by atoms with Crippen LogP contribution < -0.4 is 5.69 Å². The lowest BCUT2D eigenvalue weighted by Crippen LogP contribution is -2.27. The van der Waals surface area contributed by atoms with Crippen LogP contribution in [-0.2, 0) is 11.2 Å². The average molecular weight is 351 g/mol. The monoisotopic (exact) mass is 350 g/mol. The molecule has 0 bridgehead atoms. The summed E-state index contributed by atoms with van der Waals surface area (Å²) in [5, 5.41) is 8.85. The van der Waals surface area contributed by atoms with Gasteiger partial charge in [-0.05, 0) is 53.9 Å². The molecule has 2 rings (SSSR count). The van der Waals surface area contributed by atoms with Gasteiger partial charge in [-0.3, -0.25) is 9.36 Å². The molecule has 21 heavy (non-hydrogen) atoms. The predicted octanol–water partition coefficient (Wildman–Crippen LogP) is 2.63. The summed E-state index contributed by atoms with van der Waals surface area (Å²) in [7, 11) is 0. The molecule has 0 aliphatic carbocycles. The molecule has 0 radical (unpaired) electrons. The zero-order chi connectivity index (χ0) is 15.6. The van der Waals surface area contributed by atoms with Crippen LogP contribution in [0.4, 0.5) is 0 Å². The van der Waals surface area contributed by atoms with Crippen LogP contribution in [0.5, 0.6) is 0 Å². The van der Waals surface area contributed by atoms with Gasteiger partial charge in [-0.15, -0.1) is 0 Å². The Hall–Kier alpha value is -1.95. The summed E-state index contributed by atoms with van der Waals surface area (Å²) in [6.07, 6.45) is 0.363. The molecule has 1 aromatic carbocycles. The van der Waals surface area contributed by atoms with Crippen LogP contribution in [0.1, 0.15) is 23.4 Å². The van der Waals surface area contributed by atoms with E-state index in [1.54, 1.807) is 6.92 Å². The van der Waals surface area contributed by atoms with Crippen molar-refractivity contribution in [3.8, 4) is 5.69 Å². The number of hydrogen-bond donors (Lipinski definition) is 1. The van der Waals surface area contributed by atoms with Crippen LogP contribution in [-0.4, -0.2) is 20.6 Å². The number of benzene rings is 1. The molecule has 1 heterocycles. The molecule has 110 valence electrons. The topological polar surface area (TPSA) is 72.2 Å². The van der Waals surface area contributed by atoms with Crippen molar-refractivity contribution in [1.29, 1.82) is 0 Å². The van der Waals surface area contributed by atoms with E-state index in [1.807, 2.05) is 31.2 Å². The first-order valence-electron chi connectivity index (χ1n) is 6.47.